The van der Waals surface area contributed by atoms with E-state index in [1.165, 1.54) is 22.3 Å². The van der Waals surface area contributed by atoms with Gasteiger partial charge in [0.05, 0.1) is 18.4 Å². The van der Waals surface area contributed by atoms with Crippen molar-refractivity contribution in [3.63, 3.8) is 0 Å². The first-order valence-electron chi connectivity index (χ1n) is 8.89. The molecule has 2 aromatic carbocycles. The van der Waals surface area contributed by atoms with Crippen molar-refractivity contribution in [3.8, 4) is 0 Å². The van der Waals surface area contributed by atoms with E-state index in [0.29, 0.717) is 0 Å². The largest absolute Gasteiger partial charge is 0.344 e. The molecule has 1 N–H and O–H groups in total. The third kappa shape index (κ3) is 3.63. The molecule has 0 radical (unpaired) electrons. The molecule has 1 aromatic heterocycles. The topological polar surface area (TPSA) is 33.1 Å². The van der Waals surface area contributed by atoms with Crippen LogP contribution in [-0.4, -0.2) is 26.3 Å². The van der Waals surface area contributed by atoms with E-state index in [0.717, 1.165) is 36.9 Å². The maximum absolute atomic E-state index is 5.62. The molecule has 0 amide bonds. The van der Waals surface area contributed by atoms with Crippen molar-refractivity contribution in [2.75, 3.05) is 11.9 Å². The molecular formula is C21H22N4S. The minimum atomic E-state index is 0.759. The van der Waals surface area contributed by atoms with E-state index < -0.39 is 0 Å². The quantitative estimate of drug-likeness (QED) is 0.714. The predicted octanol–water partition coefficient (Wildman–Crippen LogP) is 3.99. The first-order chi connectivity index (χ1) is 12.7. The fraction of sp³-hybridized carbons (Fsp3) is 0.238. The standard InChI is InChI=1S/C21H22N4S/c1-16-6-2-3-8-18(16)14-25-15-20(12-22-25)23-21(26)24-11-10-17-7-4-5-9-19(17)13-24/h2-9,12,15H,10-11,13-14H2,1H3,(H,23,26). The van der Waals surface area contributed by atoms with Crippen LogP contribution in [0.15, 0.2) is 60.9 Å². The Hall–Kier alpha value is -2.66. The van der Waals surface area contributed by atoms with Crippen LogP contribution in [0.4, 0.5) is 5.69 Å². The fourth-order valence-electron chi connectivity index (χ4n) is 3.35. The summed E-state index contributed by atoms with van der Waals surface area (Å²) in [5.41, 5.74) is 6.27. The summed E-state index contributed by atoms with van der Waals surface area (Å²) >= 11 is 5.62. The van der Waals surface area contributed by atoms with Gasteiger partial charge in [0.15, 0.2) is 5.11 Å². The molecule has 26 heavy (non-hydrogen) atoms. The van der Waals surface area contributed by atoms with Gasteiger partial charge < -0.3 is 10.2 Å². The van der Waals surface area contributed by atoms with Crippen molar-refractivity contribution in [1.29, 1.82) is 0 Å². The van der Waals surface area contributed by atoms with Gasteiger partial charge >= 0.3 is 0 Å². The second kappa shape index (κ2) is 7.30. The van der Waals surface area contributed by atoms with Crippen LogP contribution in [0.5, 0.6) is 0 Å². The molecule has 0 unspecified atom stereocenters. The first-order valence-corrected chi connectivity index (χ1v) is 9.29. The number of hydrogen-bond acceptors (Lipinski definition) is 2. The molecule has 0 atom stereocenters. The zero-order chi connectivity index (χ0) is 17.9. The molecule has 0 bridgehead atoms. The molecule has 132 valence electrons. The lowest BCUT2D eigenvalue weighted by molar-refractivity contribution is 0.399. The first kappa shape index (κ1) is 16.8. The maximum Gasteiger partial charge on any atom is 0.173 e. The highest BCUT2D eigenvalue weighted by atomic mass is 32.1. The molecule has 4 nitrogen and oxygen atoms in total. The predicted molar refractivity (Wildman–Crippen MR) is 109 cm³/mol. The van der Waals surface area contributed by atoms with E-state index in [2.05, 4.69) is 70.8 Å². The molecular weight excluding hydrogens is 340 g/mol. The molecule has 0 spiro atoms. The van der Waals surface area contributed by atoms with E-state index in [4.69, 9.17) is 12.2 Å². The molecule has 4 rings (SSSR count). The molecule has 2 heterocycles. The third-order valence-electron chi connectivity index (χ3n) is 4.90. The Morgan fingerprint density at radius 3 is 2.73 bits per heavy atom. The highest BCUT2D eigenvalue weighted by molar-refractivity contribution is 7.80. The van der Waals surface area contributed by atoms with Gasteiger partial charge in [-0.05, 0) is 47.8 Å². The summed E-state index contributed by atoms with van der Waals surface area (Å²) in [5, 5.41) is 8.56. The number of rotatable bonds is 3. The number of thiocarbonyl (C=S) groups is 1. The minimum Gasteiger partial charge on any atom is -0.344 e. The van der Waals surface area contributed by atoms with Crippen molar-refractivity contribution in [2.45, 2.75) is 26.4 Å². The van der Waals surface area contributed by atoms with Gasteiger partial charge in [-0.1, -0.05) is 48.5 Å². The molecule has 1 aliphatic heterocycles. The molecule has 5 heteroatoms. The van der Waals surface area contributed by atoms with Gasteiger partial charge in [0.1, 0.15) is 0 Å². The number of aromatic nitrogens is 2. The Morgan fingerprint density at radius 1 is 1.12 bits per heavy atom. The summed E-state index contributed by atoms with van der Waals surface area (Å²) in [5.74, 6) is 0. The van der Waals surface area contributed by atoms with Crippen LogP contribution in [0.2, 0.25) is 0 Å². The summed E-state index contributed by atoms with van der Waals surface area (Å²) in [7, 11) is 0. The van der Waals surface area contributed by atoms with E-state index in [1.807, 2.05) is 17.1 Å². The molecule has 0 aliphatic carbocycles. The van der Waals surface area contributed by atoms with E-state index >= 15 is 0 Å². The van der Waals surface area contributed by atoms with Gasteiger partial charge in [0.2, 0.25) is 0 Å². The van der Waals surface area contributed by atoms with Crippen LogP contribution in [0.1, 0.15) is 22.3 Å². The van der Waals surface area contributed by atoms with E-state index in [1.54, 1.807) is 0 Å². The Bertz CT molecular complexity index is 931. The number of aryl methyl sites for hydroxylation is 1. The zero-order valence-electron chi connectivity index (χ0n) is 14.9. The Morgan fingerprint density at radius 2 is 1.88 bits per heavy atom. The SMILES string of the molecule is Cc1ccccc1Cn1cc(NC(=S)N2CCc3ccccc3C2)cn1. The average Bonchev–Trinajstić information content (AvgIpc) is 3.10. The summed E-state index contributed by atoms with van der Waals surface area (Å²) in [6.45, 7) is 4.69. The van der Waals surface area contributed by atoms with Gasteiger partial charge in [0.25, 0.3) is 0 Å². The molecule has 0 saturated heterocycles. The monoisotopic (exact) mass is 362 g/mol. The van der Waals surface area contributed by atoms with Crippen molar-refractivity contribution in [2.24, 2.45) is 0 Å². The Balaban J connectivity index is 1.40. The second-order valence-electron chi connectivity index (χ2n) is 6.72. The lowest BCUT2D eigenvalue weighted by atomic mass is 10.0. The van der Waals surface area contributed by atoms with Gasteiger partial charge in [-0.3, -0.25) is 4.68 Å². The molecule has 0 fully saturated rings. The van der Waals surface area contributed by atoms with Crippen LogP contribution in [0, 0.1) is 6.92 Å². The third-order valence-corrected chi connectivity index (χ3v) is 5.26. The lowest BCUT2D eigenvalue weighted by Crippen LogP contribution is -2.38. The maximum atomic E-state index is 5.62. The molecule has 0 saturated carbocycles. The van der Waals surface area contributed by atoms with Crippen molar-refractivity contribution in [3.05, 3.63) is 83.2 Å². The average molecular weight is 363 g/mol. The van der Waals surface area contributed by atoms with Gasteiger partial charge in [-0.15, -0.1) is 0 Å². The van der Waals surface area contributed by atoms with Crippen LogP contribution in [0.3, 0.4) is 0 Å². The number of fused-ring (bicyclic) bond motifs is 1. The Kier molecular flexibility index (Phi) is 4.71. The lowest BCUT2D eigenvalue weighted by Gasteiger charge is -2.30. The molecule has 1 aliphatic rings. The van der Waals surface area contributed by atoms with Gasteiger partial charge in [-0.2, -0.15) is 5.10 Å². The van der Waals surface area contributed by atoms with Crippen LogP contribution >= 0.6 is 12.2 Å². The fourth-order valence-corrected chi connectivity index (χ4v) is 3.62. The highest BCUT2D eigenvalue weighted by Gasteiger charge is 2.18. The summed E-state index contributed by atoms with van der Waals surface area (Å²) in [4.78, 5) is 2.22. The summed E-state index contributed by atoms with van der Waals surface area (Å²) in [6.07, 6.45) is 4.88. The molecule has 3 aromatic rings. The van der Waals surface area contributed by atoms with E-state index in [-0.39, 0.29) is 0 Å². The highest BCUT2D eigenvalue weighted by Crippen LogP contribution is 2.19. The summed E-state index contributed by atoms with van der Waals surface area (Å²) < 4.78 is 1.94. The van der Waals surface area contributed by atoms with Crippen molar-refractivity contribution < 1.29 is 0 Å². The van der Waals surface area contributed by atoms with Gasteiger partial charge in [0, 0.05) is 19.3 Å². The number of anilines is 1. The smallest absolute Gasteiger partial charge is 0.173 e. The van der Waals surface area contributed by atoms with Crippen molar-refractivity contribution in [1.82, 2.24) is 14.7 Å². The minimum absolute atomic E-state index is 0.759. The van der Waals surface area contributed by atoms with Crippen LogP contribution in [0.25, 0.3) is 0 Å². The van der Waals surface area contributed by atoms with Crippen LogP contribution < -0.4 is 5.32 Å². The number of nitrogens with one attached hydrogen (secondary N) is 1. The Labute approximate surface area is 159 Å². The van der Waals surface area contributed by atoms with Crippen molar-refractivity contribution >= 4 is 23.0 Å². The number of nitrogens with zero attached hydrogens (tertiary/aromatic N) is 3. The summed E-state index contributed by atoms with van der Waals surface area (Å²) in [6, 6.07) is 17.0. The second-order valence-corrected chi connectivity index (χ2v) is 7.11. The zero-order valence-corrected chi connectivity index (χ0v) is 15.7. The van der Waals surface area contributed by atoms with Crippen LogP contribution in [-0.2, 0) is 19.5 Å². The van der Waals surface area contributed by atoms with Gasteiger partial charge in [-0.25, -0.2) is 0 Å². The number of benzene rings is 2. The van der Waals surface area contributed by atoms with E-state index in [9.17, 15) is 0 Å². The number of hydrogen-bond donors (Lipinski definition) is 1. The normalized spacial score (nSPS) is 13.3.